The van der Waals surface area contributed by atoms with Crippen LogP contribution in [-0.2, 0) is 33.1 Å². The van der Waals surface area contributed by atoms with E-state index in [4.69, 9.17) is 14.3 Å². The summed E-state index contributed by atoms with van der Waals surface area (Å²) >= 11 is 0. The number of methoxy groups -OCH3 is 1. The Morgan fingerprint density at radius 3 is 2.58 bits per heavy atom. The van der Waals surface area contributed by atoms with E-state index in [1.54, 1.807) is 31.4 Å². The summed E-state index contributed by atoms with van der Waals surface area (Å²) in [6, 6.07) is 13.7. The summed E-state index contributed by atoms with van der Waals surface area (Å²) in [5.74, 6) is 0.876. The molecule has 33 heavy (non-hydrogen) atoms. The molecule has 2 aromatic rings. The lowest BCUT2D eigenvalue weighted by Crippen LogP contribution is -2.76. The third-order valence-electron chi connectivity index (χ3n) is 6.09. The first-order valence-electron chi connectivity index (χ1n) is 11.2. The van der Waals surface area contributed by atoms with Crippen molar-refractivity contribution in [3.05, 3.63) is 59.2 Å². The number of benzene rings is 2. The third kappa shape index (κ3) is 5.23. The Balaban J connectivity index is 1.46. The molecule has 1 fully saturated rings. The Kier molecular flexibility index (Phi) is 6.78. The van der Waals surface area contributed by atoms with Crippen LogP contribution >= 0.6 is 0 Å². The van der Waals surface area contributed by atoms with Crippen molar-refractivity contribution in [2.24, 2.45) is 0 Å². The van der Waals surface area contributed by atoms with Crippen molar-refractivity contribution < 1.29 is 24.2 Å². The van der Waals surface area contributed by atoms with Gasteiger partial charge in [-0.05, 0) is 47.0 Å². The number of hydrogen-bond donors (Lipinski definition) is 2. The van der Waals surface area contributed by atoms with Crippen LogP contribution in [0.15, 0.2) is 42.5 Å². The van der Waals surface area contributed by atoms with Gasteiger partial charge in [-0.25, -0.2) is 10.4 Å². The van der Waals surface area contributed by atoms with Crippen LogP contribution < -0.4 is 10.2 Å². The molecule has 0 saturated carbocycles. The maximum atomic E-state index is 13.4. The van der Waals surface area contributed by atoms with Crippen LogP contribution in [0, 0.1) is 0 Å². The normalized spacial score (nSPS) is 21.0. The minimum atomic E-state index is -1.19. The molecule has 4 rings (SSSR count). The first-order valence-corrected chi connectivity index (χ1v) is 14.9. The Morgan fingerprint density at radius 2 is 1.91 bits per heavy atom. The van der Waals surface area contributed by atoms with Gasteiger partial charge in [0, 0.05) is 21.2 Å². The second-order valence-corrected chi connectivity index (χ2v) is 15.5. The van der Waals surface area contributed by atoms with Crippen LogP contribution in [0.1, 0.15) is 16.7 Å². The number of hydrazine groups is 1. The van der Waals surface area contributed by atoms with Crippen molar-refractivity contribution >= 4 is 14.0 Å². The van der Waals surface area contributed by atoms with Crippen LogP contribution in [0.3, 0.4) is 0 Å². The summed E-state index contributed by atoms with van der Waals surface area (Å²) in [7, 11) is 0.453. The quantitative estimate of drug-likeness (QED) is 0.429. The van der Waals surface area contributed by atoms with Crippen LogP contribution in [0.5, 0.6) is 11.5 Å². The van der Waals surface area contributed by atoms with Gasteiger partial charge in [0.15, 0.2) is 5.54 Å². The summed E-state index contributed by atoms with van der Waals surface area (Å²) in [5, 5.41) is 13.1. The summed E-state index contributed by atoms with van der Waals surface area (Å²) in [6.45, 7) is 9.03. The van der Waals surface area contributed by atoms with Gasteiger partial charge in [-0.15, -0.1) is 0 Å². The van der Waals surface area contributed by atoms with E-state index in [2.05, 4.69) is 25.1 Å². The van der Waals surface area contributed by atoms with Gasteiger partial charge in [-0.1, -0.05) is 37.8 Å². The summed E-state index contributed by atoms with van der Waals surface area (Å²) in [4.78, 5) is 19.4. The molecule has 0 unspecified atom stereocenters. The van der Waals surface area contributed by atoms with Crippen molar-refractivity contribution in [1.29, 1.82) is 0 Å². The average Bonchev–Trinajstić information content (AvgIpc) is 2.79. The molecule has 0 spiro atoms. The molecule has 2 aliphatic rings. The molecule has 1 amide bonds. The Labute approximate surface area is 196 Å². The van der Waals surface area contributed by atoms with E-state index >= 15 is 0 Å². The predicted octanol–water partition coefficient (Wildman–Crippen LogP) is 3.20. The van der Waals surface area contributed by atoms with Gasteiger partial charge >= 0.3 is 0 Å². The van der Waals surface area contributed by atoms with E-state index in [1.165, 1.54) is 5.01 Å². The number of ether oxygens (including phenoxy) is 2. The van der Waals surface area contributed by atoms with Crippen LogP contribution in [-0.4, -0.2) is 56.2 Å². The summed E-state index contributed by atoms with van der Waals surface area (Å²) < 4.78 is 11.1. The number of carbonyl (C=O) groups excluding carboxylic acids is 1. The molecule has 9 heteroatoms. The zero-order valence-electron chi connectivity index (χ0n) is 19.8. The van der Waals surface area contributed by atoms with E-state index in [9.17, 15) is 9.90 Å². The minimum absolute atomic E-state index is 0.0784. The van der Waals surface area contributed by atoms with Gasteiger partial charge in [0.2, 0.25) is 0 Å². The molecule has 2 heterocycles. The van der Waals surface area contributed by atoms with Gasteiger partial charge in [-0.3, -0.25) is 9.63 Å². The number of phenolic OH excluding ortho intramolecular Hbond substituents is 1. The van der Waals surface area contributed by atoms with E-state index in [0.717, 1.165) is 28.5 Å². The van der Waals surface area contributed by atoms with Crippen molar-refractivity contribution in [1.82, 2.24) is 15.5 Å². The zero-order valence-corrected chi connectivity index (χ0v) is 20.8. The van der Waals surface area contributed by atoms with Crippen molar-refractivity contribution in [3.8, 4) is 11.5 Å². The van der Waals surface area contributed by atoms with Gasteiger partial charge in [-0.2, -0.15) is 5.06 Å². The molecule has 0 bridgehead atoms. The molecule has 178 valence electrons. The number of hydrogen-bond acceptors (Lipinski definition) is 7. The SMILES string of the molecule is COc1ccc2c(c1)CON(C[C@@]1(c3ccc(O)cc3)NN(COCC[Si](C)(C)C)C1=O)C2. The molecule has 1 atom stereocenters. The first-order chi connectivity index (χ1) is 15.7. The largest absolute Gasteiger partial charge is 0.508 e. The second-order valence-electron chi connectivity index (χ2n) is 9.85. The third-order valence-corrected chi connectivity index (χ3v) is 7.79. The summed E-state index contributed by atoms with van der Waals surface area (Å²) in [5.41, 5.74) is 5.33. The monoisotopic (exact) mass is 471 g/mol. The Hall–Kier alpha value is -2.43. The van der Waals surface area contributed by atoms with E-state index in [1.807, 2.05) is 23.3 Å². The highest BCUT2D eigenvalue weighted by molar-refractivity contribution is 6.76. The molecule has 0 radical (unpaired) electrons. The number of aromatic hydroxyl groups is 1. The molecular formula is C24H33N3O5Si. The Bertz CT molecular complexity index is 995. The van der Waals surface area contributed by atoms with Crippen LogP contribution in [0.25, 0.3) is 0 Å². The zero-order chi connectivity index (χ0) is 23.6. The molecule has 2 N–H and O–H groups in total. The maximum absolute atomic E-state index is 13.4. The smallest absolute Gasteiger partial charge is 0.266 e. The number of carbonyl (C=O) groups is 1. The molecule has 0 aliphatic carbocycles. The lowest BCUT2D eigenvalue weighted by molar-refractivity contribution is -0.222. The van der Waals surface area contributed by atoms with Gasteiger partial charge < -0.3 is 14.6 Å². The minimum Gasteiger partial charge on any atom is -0.508 e. The number of fused-ring (bicyclic) bond motifs is 1. The topological polar surface area (TPSA) is 83.5 Å². The van der Waals surface area contributed by atoms with Gasteiger partial charge in [0.05, 0.1) is 20.3 Å². The summed E-state index contributed by atoms with van der Waals surface area (Å²) in [6.07, 6.45) is 0. The van der Waals surface area contributed by atoms with E-state index in [-0.39, 0.29) is 18.4 Å². The lowest BCUT2D eigenvalue weighted by atomic mass is 9.85. The fraction of sp³-hybridized carbons (Fsp3) is 0.458. The molecule has 1 saturated heterocycles. The predicted molar refractivity (Wildman–Crippen MR) is 127 cm³/mol. The maximum Gasteiger partial charge on any atom is 0.266 e. The van der Waals surface area contributed by atoms with Crippen LogP contribution in [0.4, 0.5) is 0 Å². The highest BCUT2D eigenvalue weighted by atomic mass is 28.3. The fourth-order valence-electron chi connectivity index (χ4n) is 4.04. The highest BCUT2D eigenvalue weighted by Crippen LogP contribution is 2.35. The van der Waals surface area contributed by atoms with E-state index < -0.39 is 13.6 Å². The fourth-order valence-corrected chi connectivity index (χ4v) is 4.80. The number of rotatable bonds is 9. The van der Waals surface area contributed by atoms with Gasteiger partial charge in [0.1, 0.15) is 18.2 Å². The standard InChI is InChI=1S/C24H33N3O5Si/c1-30-22-10-5-18-14-26(32-15-19(18)13-22)16-24(20-6-8-21(28)9-7-20)23(29)27(25-24)17-31-11-12-33(2,3)4/h5-10,13,25,28H,11-12,14-17H2,1-4H3/t24-/m0/s1. The lowest BCUT2D eigenvalue weighted by Gasteiger charge is -2.51. The van der Waals surface area contributed by atoms with Crippen molar-refractivity contribution in [2.45, 2.75) is 44.4 Å². The number of hydroxylamine groups is 2. The Morgan fingerprint density at radius 1 is 1.15 bits per heavy atom. The van der Waals surface area contributed by atoms with Gasteiger partial charge in [0.25, 0.3) is 5.91 Å². The first kappa shape index (κ1) is 23.7. The second kappa shape index (κ2) is 9.44. The molecule has 0 aromatic heterocycles. The number of amides is 1. The van der Waals surface area contributed by atoms with Crippen molar-refractivity contribution in [3.63, 3.8) is 0 Å². The van der Waals surface area contributed by atoms with E-state index in [0.29, 0.717) is 26.3 Å². The molecular weight excluding hydrogens is 438 g/mol. The van der Waals surface area contributed by atoms with Crippen molar-refractivity contribution in [2.75, 3.05) is 27.0 Å². The number of phenols is 1. The average molecular weight is 472 g/mol. The molecule has 2 aliphatic heterocycles. The molecule has 2 aromatic carbocycles. The highest BCUT2D eigenvalue weighted by Gasteiger charge is 2.54. The molecule has 8 nitrogen and oxygen atoms in total. The number of nitrogens with zero attached hydrogens (tertiary/aromatic N) is 2. The van der Waals surface area contributed by atoms with Crippen LogP contribution in [0.2, 0.25) is 25.7 Å². The number of nitrogens with one attached hydrogen (secondary N) is 1.